The third kappa shape index (κ3) is 4.11. The Hall–Kier alpha value is -1.27. The number of halogens is 1. The predicted molar refractivity (Wildman–Crippen MR) is 85.1 cm³/mol. The molecule has 2 N–H and O–H groups in total. The molecule has 1 aliphatic heterocycles. The molecule has 2 rings (SSSR count). The number of amides is 1. The fraction of sp³-hybridized carbons (Fsp3) is 0.533. The normalized spacial score (nSPS) is 19.4. The number of nitrogens with zero attached hydrogens (tertiary/aromatic N) is 1. The summed E-state index contributed by atoms with van der Waals surface area (Å²) in [6.45, 7) is 7.05. The lowest BCUT2D eigenvalue weighted by Gasteiger charge is -2.37. The van der Waals surface area contributed by atoms with Crippen molar-refractivity contribution in [3.8, 4) is 0 Å². The molecule has 0 aromatic heterocycles. The van der Waals surface area contributed by atoms with Crippen molar-refractivity contribution >= 4 is 27.7 Å². The number of carbonyl (C=O) groups is 1. The number of hydrogen-bond donors (Lipinski definition) is 1. The maximum atomic E-state index is 12.4. The minimum atomic E-state index is -0.516. The smallest absolute Gasteiger partial charge is 0.410 e. The van der Waals surface area contributed by atoms with Crippen LogP contribution in [0, 0.1) is 0 Å². The molecule has 21 heavy (non-hydrogen) atoms. The Balaban J connectivity index is 2.24. The van der Waals surface area contributed by atoms with Gasteiger partial charge >= 0.3 is 6.09 Å². The van der Waals surface area contributed by atoms with Crippen molar-refractivity contribution in [1.29, 1.82) is 0 Å². The molecule has 1 aromatic carbocycles. The number of morpholine rings is 1. The highest BCUT2D eigenvalue weighted by molar-refractivity contribution is 9.10. The van der Waals surface area contributed by atoms with E-state index < -0.39 is 5.60 Å². The monoisotopic (exact) mass is 356 g/mol. The van der Waals surface area contributed by atoms with Crippen LogP contribution in [0.3, 0.4) is 0 Å². The van der Waals surface area contributed by atoms with Gasteiger partial charge in [-0.2, -0.15) is 0 Å². The Morgan fingerprint density at radius 2 is 2.19 bits per heavy atom. The fourth-order valence-electron chi connectivity index (χ4n) is 2.21. The number of rotatable bonds is 1. The van der Waals surface area contributed by atoms with Gasteiger partial charge in [0.05, 0.1) is 19.3 Å². The molecule has 1 aromatic rings. The zero-order valence-electron chi connectivity index (χ0n) is 12.6. The van der Waals surface area contributed by atoms with E-state index in [4.69, 9.17) is 15.2 Å². The van der Waals surface area contributed by atoms with Crippen molar-refractivity contribution in [2.24, 2.45) is 0 Å². The van der Waals surface area contributed by atoms with Crippen molar-refractivity contribution in [2.75, 3.05) is 25.5 Å². The third-order valence-corrected chi connectivity index (χ3v) is 3.83. The van der Waals surface area contributed by atoms with Gasteiger partial charge in [0.2, 0.25) is 0 Å². The van der Waals surface area contributed by atoms with Gasteiger partial charge in [-0.1, -0.05) is 22.0 Å². The van der Waals surface area contributed by atoms with Gasteiger partial charge in [0, 0.05) is 16.7 Å². The highest BCUT2D eigenvalue weighted by atomic mass is 79.9. The molecule has 0 radical (unpaired) electrons. The summed E-state index contributed by atoms with van der Waals surface area (Å²) in [6, 6.07) is 5.39. The van der Waals surface area contributed by atoms with Crippen molar-refractivity contribution in [1.82, 2.24) is 4.90 Å². The van der Waals surface area contributed by atoms with E-state index in [1.54, 1.807) is 4.90 Å². The van der Waals surface area contributed by atoms with E-state index in [0.717, 1.165) is 10.0 Å². The van der Waals surface area contributed by atoms with Gasteiger partial charge in [-0.3, -0.25) is 4.90 Å². The van der Waals surface area contributed by atoms with Gasteiger partial charge in [-0.05, 0) is 38.5 Å². The van der Waals surface area contributed by atoms with Crippen LogP contribution in [0.25, 0.3) is 0 Å². The largest absolute Gasteiger partial charge is 0.444 e. The van der Waals surface area contributed by atoms with Crippen LogP contribution >= 0.6 is 15.9 Å². The molecule has 6 heteroatoms. The molecule has 0 saturated carbocycles. The third-order valence-electron chi connectivity index (χ3n) is 3.14. The fourth-order valence-corrected chi connectivity index (χ4v) is 2.87. The van der Waals surface area contributed by atoms with Crippen LogP contribution in [0.2, 0.25) is 0 Å². The zero-order valence-corrected chi connectivity index (χ0v) is 14.1. The first-order valence-electron chi connectivity index (χ1n) is 6.90. The van der Waals surface area contributed by atoms with E-state index in [1.807, 2.05) is 39.0 Å². The summed E-state index contributed by atoms with van der Waals surface area (Å²) in [5, 5.41) is 0. The molecule has 1 heterocycles. The molecule has 0 spiro atoms. The highest BCUT2D eigenvalue weighted by Gasteiger charge is 2.32. The molecule has 1 saturated heterocycles. The molecule has 0 aliphatic carbocycles. The van der Waals surface area contributed by atoms with Crippen molar-refractivity contribution < 1.29 is 14.3 Å². The Morgan fingerprint density at radius 3 is 2.81 bits per heavy atom. The second-order valence-electron chi connectivity index (χ2n) is 6.05. The van der Waals surface area contributed by atoms with Gasteiger partial charge in [0.1, 0.15) is 5.60 Å². The lowest BCUT2D eigenvalue weighted by Crippen LogP contribution is -2.45. The Bertz CT molecular complexity index is 528. The summed E-state index contributed by atoms with van der Waals surface area (Å²) in [4.78, 5) is 14.1. The molecule has 5 nitrogen and oxygen atoms in total. The minimum absolute atomic E-state index is 0.177. The van der Waals surface area contributed by atoms with Crippen LogP contribution in [0.5, 0.6) is 0 Å². The number of ether oxygens (including phenoxy) is 2. The Labute approximate surface area is 133 Å². The second-order valence-corrected chi connectivity index (χ2v) is 6.90. The van der Waals surface area contributed by atoms with Gasteiger partial charge in [0.25, 0.3) is 0 Å². The van der Waals surface area contributed by atoms with E-state index in [2.05, 4.69) is 15.9 Å². The summed E-state index contributed by atoms with van der Waals surface area (Å²) in [5.41, 5.74) is 6.89. The minimum Gasteiger partial charge on any atom is -0.444 e. The van der Waals surface area contributed by atoms with Crippen molar-refractivity contribution in [3.05, 3.63) is 28.2 Å². The molecule has 1 unspecified atom stereocenters. The average molecular weight is 357 g/mol. The molecule has 1 aliphatic rings. The zero-order chi connectivity index (χ0) is 15.6. The number of nitrogen functional groups attached to an aromatic ring is 1. The molecular weight excluding hydrogens is 336 g/mol. The van der Waals surface area contributed by atoms with E-state index in [-0.39, 0.29) is 12.1 Å². The Kier molecular flexibility index (Phi) is 4.78. The first-order chi connectivity index (χ1) is 9.78. The van der Waals surface area contributed by atoms with Gasteiger partial charge in [0.15, 0.2) is 0 Å². The van der Waals surface area contributed by atoms with E-state index >= 15 is 0 Å². The maximum Gasteiger partial charge on any atom is 0.410 e. The quantitative estimate of drug-likeness (QED) is 0.783. The van der Waals surface area contributed by atoms with E-state index in [1.165, 1.54) is 0 Å². The molecule has 116 valence electrons. The van der Waals surface area contributed by atoms with E-state index in [9.17, 15) is 4.79 Å². The maximum absolute atomic E-state index is 12.4. The van der Waals surface area contributed by atoms with Crippen LogP contribution in [0.15, 0.2) is 22.7 Å². The summed E-state index contributed by atoms with van der Waals surface area (Å²) in [5.74, 6) is 0. The number of carbonyl (C=O) groups excluding carboxylic acids is 1. The first-order valence-corrected chi connectivity index (χ1v) is 7.69. The van der Waals surface area contributed by atoms with Crippen molar-refractivity contribution in [2.45, 2.75) is 32.4 Å². The molecule has 0 bridgehead atoms. The summed E-state index contributed by atoms with van der Waals surface area (Å²) < 4.78 is 11.9. The number of anilines is 1. The molecule has 1 atom stereocenters. The first kappa shape index (κ1) is 16.1. The average Bonchev–Trinajstić information content (AvgIpc) is 2.37. The predicted octanol–water partition coefficient (Wildman–Crippen LogP) is 3.34. The number of hydrogen-bond acceptors (Lipinski definition) is 4. The van der Waals surface area contributed by atoms with Crippen LogP contribution in [0.4, 0.5) is 10.5 Å². The summed E-state index contributed by atoms with van der Waals surface area (Å²) in [7, 11) is 0. The molecule has 1 amide bonds. The lowest BCUT2D eigenvalue weighted by molar-refractivity contribution is -0.0332. The Morgan fingerprint density at radius 1 is 1.48 bits per heavy atom. The topological polar surface area (TPSA) is 64.8 Å². The van der Waals surface area contributed by atoms with Gasteiger partial charge in [-0.25, -0.2) is 4.79 Å². The summed E-state index contributed by atoms with van der Waals surface area (Å²) in [6.07, 6.45) is -0.320. The lowest BCUT2D eigenvalue weighted by atomic mass is 10.0. The second kappa shape index (κ2) is 6.23. The van der Waals surface area contributed by atoms with Gasteiger partial charge in [-0.15, -0.1) is 0 Å². The standard InChI is InChI=1S/C15H21BrN2O3/c1-15(2,3)21-14(19)18-6-7-20-9-13(18)11-5-4-10(17)8-12(11)16/h4-5,8,13H,6-7,9,17H2,1-3H3. The SMILES string of the molecule is CC(C)(C)OC(=O)N1CCOCC1c1ccc(N)cc1Br. The van der Waals surface area contributed by atoms with Crippen LogP contribution in [-0.4, -0.2) is 36.4 Å². The van der Waals surface area contributed by atoms with E-state index in [0.29, 0.717) is 25.4 Å². The van der Waals surface area contributed by atoms with Crippen LogP contribution in [-0.2, 0) is 9.47 Å². The van der Waals surface area contributed by atoms with Gasteiger partial charge < -0.3 is 15.2 Å². The number of nitrogens with two attached hydrogens (primary N) is 1. The molecule has 1 fully saturated rings. The highest BCUT2D eigenvalue weighted by Crippen LogP contribution is 2.32. The van der Waals surface area contributed by atoms with Crippen molar-refractivity contribution in [3.63, 3.8) is 0 Å². The van der Waals surface area contributed by atoms with Crippen LogP contribution < -0.4 is 5.73 Å². The molecular formula is C15H21BrN2O3. The van der Waals surface area contributed by atoms with Crippen LogP contribution in [0.1, 0.15) is 32.4 Å². The summed E-state index contributed by atoms with van der Waals surface area (Å²) >= 11 is 3.51. The number of benzene rings is 1.